The Hall–Kier alpha value is -2.36. The number of nitrogens with zero attached hydrogens (tertiary/aromatic N) is 2. The van der Waals surface area contributed by atoms with E-state index in [1.807, 2.05) is 6.20 Å². The summed E-state index contributed by atoms with van der Waals surface area (Å²) in [6.07, 6.45) is 16.0. The van der Waals surface area contributed by atoms with Crippen LogP contribution in [0.25, 0.3) is 6.08 Å². The average Bonchev–Trinajstić information content (AvgIpc) is 3.42. The second-order valence-electron chi connectivity index (χ2n) is 11.7. The Labute approximate surface area is 197 Å². The first-order valence-electron chi connectivity index (χ1n) is 13.0. The number of carbonyl (C=O) groups is 1. The van der Waals surface area contributed by atoms with Gasteiger partial charge in [-0.05, 0) is 85.8 Å². The number of rotatable bonds is 3. The number of aromatic nitrogens is 2. The number of fused-ring (bicyclic) bond motifs is 7. The van der Waals surface area contributed by atoms with Crippen molar-refractivity contribution < 1.29 is 4.79 Å². The van der Waals surface area contributed by atoms with E-state index in [0.29, 0.717) is 24.4 Å². The van der Waals surface area contributed by atoms with Gasteiger partial charge >= 0.3 is 0 Å². The smallest absolute Gasteiger partial charge is 0.223 e. The lowest BCUT2D eigenvalue weighted by atomic mass is 9.48. The predicted octanol–water partition coefficient (Wildman–Crippen LogP) is 5.93. The van der Waals surface area contributed by atoms with Crippen LogP contribution < -0.4 is 5.32 Å². The normalized spacial score (nSPS) is 38.7. The number of aryl methyl sites for hydroxylation is 1. The van der Waals surface area contributed by atoms with E-state index < -0.39 is 0 Å². The Morgan fingerprint density at radius 3 is 2.82 bits per heavy atom. The topological polar surface area (TPSA) is 46.9 Å². The molecule has 0 radical (unpaired) electrons. The highest BCUT2D eigenvalue weighted by atomic mass is 16.1. The fourth-order valence-corrected chi connectivity index (χ4v) is 8.56. The van der Waals surface area contributed by atoms with Crippen molar-refractivity contribution in [3.8, 4) is 0 Å². The van der Waals surface area contributed by atoms with Crippen LogP contribution in [0.3, 0.4) is 0 Å². The second-order valence-corrected chi connectivity index (χ2v) is 11.7. The molecule has 7 atom stereocenters. The van der Waals surface area contributed by atoms with E-state index in [1.165, 1.54) is 43.2 Å². The second kappa shape index (κ2) is 7.58. The summed E-state index contributed by atoms with van der Waals surface area (Å²) in [4.78, 5) is 18.0. The number of hydrogen-bond acceptors (Lipinski definition) is 2. The zero-order chi connectivity index (χ0) is 22.8. The number of hydrogen-bond donors (Lipinski definition) is 1. The van der Waals surface area contributed by atoms with Crippen molar-refractivity contribution in [2.75, 3.05) is 0 Å². The molecule has 4 nitrogen and oxygen atoms in total. The molecule has 4 heteroatoms. The quantitative estimate of drug-likeness (QED) is 0.639. The molecule has 1 aromatic heterocycles. The van der Waals surface area contributed by atoms with Gasteiger partial charge in [0.1, 0.15) is 5.82 Å². The Balaban J connectivity index is 1.20. The molecule has 2 aromatic rings. The highest BCUT2D eigenvalue weighted by molar-refractivity contribution is 5.80. The molecule has 1 amide bonds. The van der Waals surface area contributed by atoms with E-state index in [2.05, 4.69) is 78.3 Å². The molecule has 0 spiro atoms. The molecule has 6 rings (SSSR count). The molecule has 0 saturated heterocycles. The Morgan fingerprint density at radius 1 is 1.12 bits per heavy atom. The molecule has 0 bridgehead atoms. The van der Waals surface area contributed by atoms with Crippen LogP contribution in [0.2, 0.25) is 0 Å². The van der Waals surface area contributed by atoms with E-state index in [4.69, 9.17) is 0 Å². The first-order chi connectivity index (χ1) is 15.9. The van der Waals surface area contributed by atoms with Gasteiger partial charge in [-0.2, -0.15) is 0 Å². The summed E-state index contributed by atoms with van der Waals surface area (Å²) in [5.41, 5.74) is 2.81. The predicted molar refractivity (Wildman–Crippen MR) is 131 cm³/mol. The van der Waals surface area contributed by atoms with Gasteiger partial charge in [0.2, 0.25) is 5.91 Å². The standard InChI is InChI=1S/C29H37N3O/c1-19-6-4-5-7-20(19)18-31-27(33)24-10-9-22-21-8-11-25-29(3,23(21)12-14-28(22,24)2)15-13-26-30-16-17-32(25)26/h4-7,13,15-17,21-25H,8-12,14,18H2,1-3H3,(H,31,33)/t21-,22-,23-,24+,25?,28-,29+/m0/s1. The van der Waals surface area contributed by atoms with E-state index in [9.17, 15) is 4.79 Å². The van der Waals surface area contributed by atoms with E-state index >= 15 is 0 Å². The van der Waals surface area contributed by atoms with Gasteiger partial charge in [-0.15, -0.1) is 0 Å². The maximum Gasteiger partial charge on any atom is 0.223 e. The molecule has 33 heavy (non-hydrogen) atoms. The van der Waals surface area contributed by atoms with E-state index in [1.54, 1.807) is 0 Å². The lowest BCUT2D eigenvalue weighted by molar-refractivity contribution is -0.133. The minimum Gasteiger partial charge on any atom is -0.352 e. The first kappa shape index (κ1) is 21.2. The zero-order valence-corrected chi connectivity index (χ0v) is 20.3. The largest absolute Gasteiger partial charge is 0.352 e. The van der Waals surface area contributed by atoms with Crippen LogP contribution in [-0.4, -0.2) is 15.5 Å². The third kappa shape index (κ3) is 3.09. The van der Waals surface area contributed by atoms with Crippen LogP contribution in [0.4, 0.5) is 0 Å². The maximum absolute atomic E-state index is 13.4. The minimum absolute atomic E-state index is 0.138. The average molecular weight is 444 g/mol. The molecule has 1 unspecified atom stereocenters. The Morgan fingerprint density at radius 2 is 1.97 bits per heavy atom. The maximum atomic E-state index is 13.4. The SMILES string of the molecule is Cc1ccccc1CNC(=O)[C@H]1CC[C@H]2[C@@H]3CCC4n5ccnc5C=C[C@]4(C)[C@H]3CC[C@]12C. The zero-order valence-electron chi connectivity index (χ0n) is 20.3. The van der Waals surface area contributed by atoms with Gasteiger partial charge in [0.15, 0.2) is 0 Å². The van der Waals surface area contributed by atoms with Gasteiger partial charge in [-0.3, -0.25) is 4.79 Å². The fourth-order valence-electron chi connectivity index (χ4n) is 8.56. The van der Waals surface area contributed by atoms with Crippen molar-refractivity contribution >= 4 is 12.0 Å². The van der Waals surface area contributed by atoms with Crippen molar-refractivity contribution in [1.82, 2.24) is 14.9 Å². The van der Waals surface area contributed by atoms with Crippen molar-refractivity contribution in [2.45, 2.75) is 71.9 Å². The van der Waals surface area contributed by atoms with Crippen LogP contribution >= 0.6 is 0 Å². The minimum atomic E-state index is 0.138. The summed E-state index contributed by atoms with van der Waals surface area (Å²) in [7, 11) is 0. The first-order valence-corrected chi connectivity index (χ1v) is 13.0. The number of benzene rings is 1. The summed E-state index contributed by atoms with van der Waals surface area (Å²) in [5, 5.41) is 3.31. The molecule has 3 fully saturated rings. The van der Waals surface area contributed by atoms with E-state index in [0.717, 1.165) is 18.2 Å². The molecule has 3 saturated carbocycles. The van der Waals surface area contributed by atoms with Gasteiger partial charge in [-0.1, -0.05) is 44.2 Å². The number of imidazole rings is 1. The van der Waals surface area contributed by atoms with Gasteiger partial charge in [0, 0.05) is 36.3 Å². The lowest BCUT2D eigenvalue weighted by Gasteiger charge is -2.59. The van der Waals surface area contributed by atoms with Crippen LogP contribution in [0.5, 0.6) is 0 Å². The van der Waals surface area contributed by atoms with Crippen molar-refractivity contribution in [2.24, 2.45) is 34.5 Å². The molecule has 2 heterocycles. The van der Waals surface area contributed by atoms with Crippen molar-refractivity contribution in [1.29, 1.82) is 0 Å². The molecule has 1 N–H and O–H groups in total. The van der Waals surface area contributed by atoms with Gasteiger partial charge in [0.25, 0.3) is 0 Å². The summed E-state index contributed by atoms with van der Waals surface area (Å²) >= 11 is 0. The molecule has 1 aromatic carbocycles. The Kier molecular flexibility index (Phi) is 4.87. The molecular formula is C29H37N3O. The van der Waals surface area contributed by atoms with Crippen LogP contribution in [0, 0.1) is 41.4 Å². The Bertz CT molecular complexity index is 1100. The highest BCUT2D eigenvalue weighted by Crippen LogP contribution is 2.67. The lowest BCUT2D eigenvalue weighted by Crippen LogP contribution is -2.53. The highest BCUT2D eigenvalue weighted by Gasteiger charge is 2.61. The summed E-state index contributed by atoms with van der Waals surface area (Å²) in [6, 6.07) is 8.90. The third-order valence-corrected chi connectivity index (χ3v) is 10.4. The van der Waals surface area contributed by atoms with Crippen molar-refractivity contribution in [3.05, 3.63) is 59.7 Å². The van der Waals surface area contributed by atoms with Gasteiger partial charge in [-0.25, -0.2) is 4.98 Å². The monoisotopic (exact) mass is 443 g/mol. The van der Waals surface area contributed by atoms with Crippen LogP contribution in [-0.2, 0) is 11.3 Å². The number of allylic oxidation sites excluding steroid dienone is 1. The third-order valence-electron chi connectivity index (χ3n) is 10.4. The van der Waals surface area contributed by atoms with Crippen LogP contribution in [0.1, 0.15) is 75.4 Å². The molecule has 174 valence electrons. The van der Waals surface area contributed by atoms with E-state index in [-0.39, 0.29) is 22.7 Å². The summed E-state index contributed by atoms with van der Waals surface area (Å²) in [5.74, 6) is 3.65. The molecule has 4 aliphatic rings. The number of nitrogens with one attached hydrogen (secondary N) is 1. The molecular weight excluding hydrogens is 406 g/mol. The van der Waals surface area contributed by atoms with Gasteiger partial charge < -0.3 is 9.88 Å². The van der Waals surface area contributed by atoms with Gasteiger partial charge in [0.05, 0.1) is 0 Å². The molecule has 3 aliphatic carbocycles. The fraction of sp³-hybridized carbons (Fsp3) is 0.586. The van der Waals surface area contributed by atoms with Crippen molar-refractivity contribution in [3.63, 3.8) is 0 Å². The summed E-state index contributed by atoms with van der Waals surface area (Å²) in [6.45, 7) is 7.71. The number of carbonyl (C=O) groups excluding carboxylic acids is 1. The van der Waals surface area contributed by atoms with Crippen LogP contribution in [0.15, 0.2) is 42.7 Å². The number of amides is 1. The summed E-state index contributed by atoms with van der Waals surface area (Å²) < 4.78 is 2.43. The molecule has 1 aliphatic heterocycles.